The normalized spacial score (nSPS) is 16.0. The van der Waals surface area contributed by atoms with Crippen molar-refractivity contribution in [1.82, 2.24) is 39.6 Å². The molecule has 1 saturated carbocycles. The second-order valence-electron chi connectivity index (χ2n) is 13.6. The highest BCUT2D eigenvalue weighted by Gasteiger charge is 2.28. The first-order valence-corrected chi connectivity index (χ1v) is 19.7. The van der Waals surface area contributed by atoms with Crippen LogP contribution in [0.15, 0.2) is 61.3 Å². The molecule has 5 heterocycles. The molecular weight excluding hydrogens is 649 g/mol. The zero-order chi connectivity index (χ0) is 34.4. The van der Waals surface area contributed by atoms with Gasteiger partial charge in [0.05, 0.1) is 40.9 Å². The molecule has 0 amide bonds. The molecule has 0 unspecified atom stereocenters. The van der Waals surface area contributed by atoms with Crippen LogP contribution in [-0.2, 0) is 11.6 Å². The number of aryl methyl sites for hydroxylation is 1. The van der Waals surface area contributed by atoms with E-state index < -0.39 is 7.14 Å². The van der Waals surface area contributed by atoms with E-state index in [1.807, 2.05) is 48.5 Å². The lowest BCUT2D eigenvalue weighted by Gasteiger charge is -2.40. The number of benzene rings is 2. The van der Waals surface area contributed by atoms with Gasteiger partial charge in [0.1, 0.15) is 29.9 Å². The highest BCUT2D eigenvalue weighted by Crippen LogP contribution is 2.43. The predicted octanol–water partition coefficient (Wildman–Crippen LogP) is 6.11. The topological polar surface area (TPSA) is 142 Å². The van der Waals surface area contributed by atoms with Crippen molar-refractivity contribution in [3.05, 3.63) is 61.3 Å². The molecule has 258 valence electrons. The molecule has 0 spiro atoms. The molecule has 8 rings (SSSR count). The summed E-state index contributed by atoms with van der Waals surface area (Å²) in [5.74, 6) is 1.61. The van der Waals surface area contributed by atoms with Crippen molar-refractivity contribution in [2.75, 3.05) is 62.2 Å². The molecule has 14 heteroatoms. The smallest absolute Gasteiger partial charge is 0.231 e. The minimum absolute atomic E-state index is 0.370. The highest BCUT2D eigenvalue weighted by atomic mass is 31.2. The largest absolute Gasteiger partial charge is 0.494 e. The van der Waals surface area contributed by atoms with Crippen molar-refractivity contribution >= 4 is 63.3 Å². The number of hydrogen-bond donors (Lipinski definition) is 3. The Kier molecular flexibility index (Phi) is 8.40. The lowest BCUT2D eigenvalue weighted by atomic mass is 10.0. The molecule has 0 atom stereocenters. The maximum Gasteiger partial charge on any atom is 0.231 e. The van der Waals surface area contributed by atoms with Crippen LogP contribution in [-0.4, -0.2) is 92.3 Å². The number of H-pyrrole nitrogens is 1. The van der Waals surface area contributed by atoms with Crippen molar-refractivity contribution in [1.29, 1.82) is 0 Å². The number of hydrogen-bond acceptors (Lipinski definition) is 11. The summed E-state index contributed by atoms with van der Waals surface area (Å²) in [6, 6.07) is 10.6. The summed E-state index contributed by atoms with van der Waals surface area (Å²) in [5, 5.41) is 12.8. The molecule has 2 aliphatic rings. The van der Waals surface area contributed by atoms with Gasteiger partial charge in [0.25, 0.3) is 0 Å². The standard InChI is InChI=1S/C36H42N11O2P/c1-45-22-23(21-40-45)26-19-29(31(49-2)20-30(26)47-17-15-46(16-18-47)24-7-5-6-8-24)42-36-43-34-25(11-12-39-34)35(44-36)41-28-10-9-27-32(38-14-13-37-27)33(28)50(3,4)48/h9-14,19-22,24H,5-8,15-18H2,1-4H3,(H3,39,41,42,43,44). The second-order valence-corrected chi connectivity index (χ2v) is 16.7. The Morgan fingerprint density at radius 2 is 1.76 bits per heavy atom. The summed E-state index contributed by atoms with van der Waals surface area (Å²) in [6.45, 7) is 7.49. The van der Waals surface area contributed by atoms with E-state index in [9.17, 15) is 4.57 Å². The van der Waals surface area contributed by atoms with E-state index in [4.69, 9.17) is 14.7 Å². The predicted molar refractivity (Wildman–Crippen MR) is 200 cm³/mol. The van der Waals surface area contributed by atoms with E-state index in [1.54, 1.807) is 32.8 Å². The van der Waals surface area contributed by atoms with E-state index in [0.717, 1.165) is 60.1 Å². The molecule has 6 aromatic rings. The average molecular weight is 692 g/mol. The molecule has 0 bridgehead atoms. The van der Waals surface area contributed by atoms with Crippen LogP contribution in [0.1, 0.15) is 25.7 Å². The maximum absolute atomic E-state index is 13.6. The Labute approximate surface area is 290 Å². The monoisotopic (exact) mass is 691 g/mol. The van der Waals surface area contributed by atoms with E-state index >= 15 is 0 Å². The van der Waals surface area contributed by atoms with Crippen molar-refractivity contribution in [2.45, 2.75) is 31.7 Å². The van der Waals surface area contributed by atoms with Crippen LogP contribution in [0.3, 0.4) is 0 Å². The summed E-state index contributed by atoms with van der Waals surface area (Å²) in [4.78, 5) is 27.1. The first-order chi connectivity index (χ1) is 24.2. The van der Waals surface area contributed by atoms with Crippen molar-refractivity contribution in [2.24, 2.45) is 7.05 Å². The van der Waals surface area contributed by atoms with Crippen LogP contribution < -0.4 is 25.6 Å². The van der Waals surface area contributed by atoms with Crippen molar-refractivity contribution in [3.63, 3.8) is 0 Å². The molecule has 1 saturated heterocycles. The van der Waals surface area contributed by atoms with Crippen LogP contribution in [0.5, 0.6) is 5.75 Å². The van der Waals surface area contributed by atoms with Gasteiger partial charge < -0.3 is 29.8 Å². The molecule has 0 radical (unpaired) electrons. The summed E-state index contributed by atoms with van der Waals surface area (Å²) in [5.41, 5.74) is 6.51. The van der Waals surface area contributed by atoms with Gasteiger partial charge in [0.15, 0.2) is 0 Å². The molecule has 13 nitrogen and oxygen atoms in total. The number of aromatic nitrogens is 7. The van der Waals surface area contributed by atoms with Gasteiger partial charge in [-0.1, -0.05) is 12.8 Å². The number of nitrogens with zero attached hydrogens (tertiary/aromatic N) is 8. The summed E-state index contributed by atoms with van der Waals surface area (Å²) >= 11 is 0. The van der Waals surface area contributed by atoms with Gasteiger partial charge in [-0.15, -0.1) is 0 Å². The summed E-state index contributed by atoms with van der Waals surface area (Å²) < 4.78 is 21.4. The first kappa shape index (κ1) is 32.2. The van der Waals surface area contributed by atoms with E-state index in [-0.39, 0.29) is 0 Å². The molecule has 2 aromatic carbocycles. The van der Waals surface area contributed by atoms with Crippen molar-refractivity contribution < 1.29 is 9.30 Å². The second kappa shape index (κ2) is 13.0. The number of piperazine rings is 1. The Hall–Kier alpha value is -5.00. The lowest BCUT2D eigenvalue weighted by Crippen LogP contribution is -2.49. The van der Waals surface area contributed by atoms with Gasteiger partial charge in [0.2, 0.25) is 5.95 Å². The zero-order valence-electron chi connectivity index (χ0n) is 28.8. The van der Waals surface area contributed by atoms with Gasteiger partial charge in [-0.3, -0.25) is 19.5 Å². The number of nitrogens with one attached hydrogen (secondary N) is 3. The minimum Gasteiger partial charge on any atom is -0.494 e. The number of anilines is 5. The summed E-state index contributed by atoms with van der Waals surface area (Å²) in [7, 11) is 0.839. The molecule has 50 heavy (non-hydrogen) atoms. The van der Waals surface area contributed by atoms with Gasteiger partial charge in [-0.05, 0) is 50.4 Å². The number of rotatable bonds is 9. The SMILES string of the molecule is COc1cc(N2CCN(C3CCCC3)CC2)c(-c2cnn(C)c2)cc1Nc1nc(Nc2ccc3nccnc3c2P(C)(C)=O)c2cc[nH]c2n1. The first-order valence-electron chi connectivity index (χ1n) is 17.1. The number of ether oxygens (including phenoxy) is 1. The highest BCUT2D eigenvalue weighted by molar-refractivity contribution is 7.71. The number of methoxy groups -OCH3 is 1. The fourth-order valence-electron chi connectivity index (χ4n) is 7.49. The minimum atomic E-state index is -2.78. The summed E-state index contributed by atoms with van der Waals surface area (Å²) in [6.07, 6.45) is 14.4. The number of fused-ring (bicyclic) bond motifs is 2. The van der Waals surface area contributed by atoms with Crippen LogP contribution in [0.4, 0.5) is 28.8 Å². The molecule has 1 aliphatic carbocycles. The van der Waals surface area contributed by atoms with Gasteiger partial charge >= 0.3 is 0 Å². The Balaban J connectivity index is 1.16. The molecule has 4 aromatic heterocycles. The average Bonchev–Trinajstić information content (AvgIpc) is 3.91. The number of aromatic amines is 1. The third kappa shape index (κ3) is 6.16. The Morgan fingerprint density at radius 1 is 0.960 bits per heavy atom. The van der Waals surface area contributed by atoms with Crippen LogP contribution in [0.2, 0.25) is 0 Å². The van der Waals surface area contributed by atoms with Crippen LogP contribution >= 0.6 is 7.14 Å². The van der Waals surface area contributed by atoms with Gasteiger partial charge in [-0.2, -0.15) is 15.1 Å². The molecular formula is C36H42N11O2P. The Bertz CT molecular complexity index is 2230. The van der Waals surface area contributed by atoms with E-state index in [0.29, 0.717) is 45.2 Å². The van der Waals surface area contributed by atoms with Crippen molar-refractivity contribution in [3.8, 4) is 16.9 Å². The van der Waals surface area contributed by atoms with Gasteiger partial charge in [-0.25, -0.2) is 0 Å². The van der Waals surface area contributed by atoms with Gasteiger partial charge in [0, 0.05) is 86.9 Å². The molecule has 1 aliphatic heterocycles. The fourth-order valence-corrected chi connectivity index (χ4v) is 8.89. The van der Waals surface area contributed by atoms with E-state index in [1.165, 1.54) is 25.7 Å². The lowest BCUT2D eigenvalue weighted by molar-refractivity contribution is 0.187. The zero-order valence-corrected chi connectivity index (χ0v) is 29.7. The third-order valence-electron chi connectivity index (χ3n) is 9.90. The van der Waals surface area contributed by atoms with Crippen LogP contribution in [0.25, 0.3) is 33.2 Å². The maximum atomic E-state index is 13.6. The third-order valence-corrected chi connectivity index (χ3v) is 11.4. The molecule has 3 N–H and O–H groups in total. The quantitative estimate of drug-likeness (QED) is 0.151. The van der Waals surface area contributed by atoms with Crippen LogP contribution in [0, 0.1) is 0 Å². The Morgan fingerprint density at radius 3 is 2.50 bits per heavy atom. The fraction of sp³-hybridized carbons (Fsp3) is 0.361. The van der Waals surface area contributed by atoms with E-state index in [2.05, 4.69) is 52.6 Å². The molecule has 2 fully saturated rings.